The summed E-state index contributed by atoms with van der Waals surface area (Å²) in [5.41, 5.74) is 2.84. The summed E-state index contributed by atoms with van der Waals surface area (Å²) in [5, 5.41) is 18.4. The van der Waals surface area contributed by atoms with Crippen molar-refractivity contribution in [2.24, 2.45) is 0 Å². The molecule has 0 aliphatic carbocycles. The Balaban J connectivity index is 1.16. The monoisotopic (exact) mass is 558 g/mol. The maximum absolute atomic E-state index is 14.9. The van der Waals surface area contributed by atoms with E-state index in [4.69, 9.17) is 14.7 Å². The van der Waals surface area contributed by atoms with Crippen LogP contribution in [0.5, 0.6) is 5.75 Å². The molecule has 0 saturated carbocycles. The van der Waals surface area contributed by atoms with Crippen LogP contribution in [0.3, 0.4) is 0 Å². The van der Waals surface area contributed by atoms with E-state index in [1.165, 1.54) is 18.2 Å². The highest BCUT2D eigenvalue weighted by Crippen LogP contribution is 2.31. The highest BCUT2D eigenvalue weighted by molar-refractivity contribution is 5.92. The fraction of sp³-hybridized carbons (Fsp3) is 0.323. The van der Waals surface area contributed by atoms with Gasteiger partial charge in [-0.05, 0) is 66.8 Å². The summed E-state index contributed by atoms with van der Waals surface area (Å²) in [6.07, 6.45) is 1.82. The quantitative estimate of drug-likeness (QED) is 0.300. The van der Waals surface area contributed by atoms with Gasteiger partial charge in [0.25, 0.3) is 0 Å². The molecule has 0 radical (unpaired) electrons. The van der Waals surface area contributed by atoms with E-state index in [0.717, 1.165) is 49.2 Å². The van der Waals surface area contributed by atoms with Gasteiger partial charge in [-0.3, -0.25) is 4.90 Å². The third-order valence-corrected chi connectivity index (χ3v) is 7.83. The van der Waals surface area contributed by atoms with Crippen molar-refractivity contribution >= 4 is 17.0 Å². The second-order valence-corrected chi connectivity index (χ2v) is 10.6. The van der Waals surface area contributed by atoms with E-state index in [0.29, 0.717) is 31.0 Å². The number of hydrogen-bond donors (Lipinski definition) is 1. The van der Waals surface area contributed by atoms with Gasteiger partial charge in [0.1, 0.15) is 17.9 Å². The number of carbonyl (C=O) groups is 1. The number of halogens is 2. The second kappa shape index (κ2) is 11.3. The minimum atomic E-state index is -1.18. The number of nitrogens with zero attached hydrogens (tertiary/aromatic N) is 4. The number of likely N-dealkylation sites (tertiary alicyclic amines) is 1. The molecule has 2 fully saturated rings. The number of imidazole rings is 1. The average Bonchev–Trinajstić information content (AvgIpc) is 3.55. The summed E-state index contributed by atoms with van der Waals surface area (Å²) in [6, 6.07) is 16.6. The Morgan fingerprint density at radius 3 is 2.73 bits per heavy atom. The molecule has 0 unspecified atom stereocenters. The Morgan fingerprint density at radius 1 is 1.15 bits per heavy atom. The van der Waals surface area contributed by atoms with Gasteiger partial charge >= 0.3 is 5.97 Å². The predicted molar refractivity (Wildman–Crippen MR) is 146 cm³/mol. The van der Waals surface area contributed by atoms with Crippen molar-refractivity contribution in [2.75, 3.05) is 19.7 Å². The SMILES string of the molecule is N#Cc1ccc(OCc2cccc([C@H]3CCN(Cc4nc5c(F)cc(C(=O)O)cc5n4C[C@@H]4CCO4)C3)c2)c(F)c1. The number of aromatic carboxylic acids is 1. The summed E-state index contributed by atoms with van der Waals surface area (Å²) in [5.74, 6) is -1.34. The molecule has 3 aromatic carbocycles. The Labute approximate surface area is 235 Å². The first-order valence-corrected chi connectivity index (χ1v) is 13.5. The third kappa shape index (κ3) is 5.64. The lowest BCUT2D eigenvalue weighted by atomic mass is 9.97. The van der Waals surface area contributed by atoms with Crippen molar-refractivity contribution in [3.8, 4) is 11.8 Å². The van der Waals surface area contributed by atoms with E-state index in [9.17, 15) is 18.7 Å². The van der Waals surface area contributed by atoms with Crippen LogP contribution in [0.2, 0.25) is 0 Å². The van der Waals surface area contributed by atoms with Gasteiger partial charge < -0.3 is 19.1 Å². The van der Waals surface area contributed by atoms with Crippen LogP contribution < -0.4 is 4.74 Å². The summed E-state index contributed by atoms with van der Waals surface area (Å²) in [6.45, 7) is 3.48. The van der Waals surface area contributed by atoms with Crippen molar-refractivity contribution < 1.29 is 28.2 Å². The number of aromatic nitrogens is 2. The Hall–Kier alpha value is -4.33. The molecule has 10 heteroatoms. The number of carboxylic acids is 1. The lowest BCUT2D eigenvalue weighted by Crippen LogP contribution is -2.32. The maximum atomic E-state index is 14.9. The predicted octanol–water partition coefficient (Wildman–Crippen LogP) is 5.24. The van der Waals surface area contributed by atoms with Crippen molar-refractivity contribution in [3.05, 3.63) is 94.3 Å². The third-order valence-electron chi connectivity index (χ3n) is 7.83. The summed E-state index contributed by atoms with van der Waals surface area (Å²) < 4.78 is 42.3. The molecule has 0 spiro atoms. The van der Waals surface area contributed by atoms with Gasteiger partial charge in [-0.2, -0.15) is 5.26 Å². The molecule has 2 aliphatic rings. The van der Waals surface area contributed by atoms with Gasteiger partial charge in [0.2, 0.25) is 0 Å². The fourth-order valence-corrected chi connectivity index (χ4v) is 5.54. The van der Waals surface area contributed by atoms with Gasteiger partial charge in [-0.15, -0.1) is 0 Å². The summed E-state index contributed by atoms with van der Waals surface area (Å²) in [4.78, 5) is 18.4. The molecule has 0 bridgehead atoms. The highest BCUT2D eigenvalue weighted by atomic mass is 19.1. The molecular formula is C31H28F2N4O4. The summed E-state index contributed by atoms with van der Waals surface area (Å²) in [7, 11) is 0. The number of rotatable bonds is 9. The normalized spacial score (nSPS) is 18.8. The molecule has 8 nitrogen and oxygen atoms in total. The van der Waals surface area contributed by atoms with Crippen LogP contribution in [0.4, 0.5) is 8.78 Å². The molecule has 4 aromatic rings. The van der Waals surface area contributed by atoms with Gasteiger partial charge in [-0.1, -0.05) is 24.3 Å². The molecule has 6 rings (SSSR count). The van der Waals surface area contributed by atoms with Gasteiger partial charge in [-0.25, -0.2) is 18.6 Å². The van der Waals surface area contributed by atoms with E-state index in [-0.39, 0.29) is 41.0 Å². The average molecular weight is 559 g/mol. The summed E-state index contributed by atoms with van der Waals surface area (Å²) >= 11 is 0. The van der Waals surface area contributed by atoms with Crippen LogP contribution in [-0.2, 0) is 24.4 Å². The fourth-order valence-electron chi connectivity index (χ4n) is 5.54. The number of benzene rings is 3. The topological polar surface area (TPSA) is 101 Å². The Bertz CT molecular complexity index is 1660. The largest absolute Gasteiger partial charge is 0.486 e. The zero-order chi connectivity index (χ0) is 28.5. The zero-order valence-electron chi connectivity index (χ0n) is 22.2. The van der Waals surface area contributed by atoms with Crippen LogP contribution >= 0.6 is 0 Å². The molecule has 210 valence electrons. The molecule has 2 saturated heterocycles. The minimum absolute atomic E-state index is 0.00302. The number of ether oxygens (including phenoxy) is 2. The molecular weight excluding hydrogens is 530 g/mol. The van der Waals surface area contributed by atoms with E-state index in [2.05, 4.69) is 22.0 Å². The van der Waals surface area contributed by atoms with Crippen LogP contribution in [0.1, 0.15) is 51.6 Å². The van der Waals surface area contributed by atoms with Gasteiger partial charge in [0.05, 0.1) is 41.9 Å². The molecule has 2 atom stereocenters. The van der Waals surface area contributed by atoms with Gasteiger partial charge in [0, 0.05) is 13.2 Å². The minimum Gasteiger partial charge on any atom is -0.486 e. The maximum Gasteiger partial charge on any atom is 0.335 e. The van der Waals surface area contributed by atoms with Gasteiger partial charge in [0.15, 0.2) is 17.4 Å². The Kier molecular flexibility index (Phi) is 7.39. The Morgan fingerprint density at radius 2 is 2.00 bits per heavy atom. The zero-order valence-corrected chi connectivity index (χ0v) is 22.2. The first kappa shape index (κ1) is 26.9. The number of hydrogen-bond acceptors (Lipinski definition) is 6. The van der Waals surface area contributed by atoms with Crippen molar-refractivity contribution in [3.63, 3.8) is 0 Å². The second-order valence-electron chi connectivity index (χ2n) is 10.6. The van der Waals surface area contributed by atoms with E-state index in [1.807, 2.05) is 22.8 Å². The van der Waals surface area contributed by atoms with Crippen LogP contribution in [0.15, 0.2) is 54.6 Å². The number of nitriles is 1. The standard InChI is InChI=1S/C31H28F2N4O4/c32-25-11-19(14-34)4-5-28(25)41-18-20-2-1-3-21(10-20)22-6-8-36(15-22)17-29-35-30-26(33)12-23(31(38)39)13-27(30)37(29)16-24-7-9-40-24/h1-5,10-13,22,24H,6-9,15-18H2,(H,38,39)/t22-,24-/m0/s1. The van der Waals surface area contributed by atoms with E-state index >= 15 is 0 Å². The van der Waals surface area contributed by atoms with E-state index < -0.39 is 17.6 Å². The number of fused-ring (bicyclic) bond motifs is 1. The van der Waals surface area contributed by atoms with Crippen molar-refractivity contribution in [1.29, 1.82) is 5.26 Å². The molecule has 41 heavy (non-hydrogen) atoms. The molecule has 1 aromatic heterocycles. The van der Waals surface area contributed by atoms with Crippen LogP contribution in [-0.4, -0.2) is 51.3 Å². The lowest BCUT2D eigenvalue weighted by Gasteiger charge is -2.28. The van der Waals surface area contributed by atoms with Crippen LogP contribution in [0, 0.1) is 23.0 Å². The smallest absolute Gasteiger partial charge is 0.335 e. The van der Waals surface area contributed by atoms with Crippen molar-refractivity contribution in [2.45, 2.75) is 44.6 Å². The molecule has 2 aliphatic heterocycles. The first-order chi connectivity index (χ1) is 19.9. The highest BCUT2D eigenvalue weighted by Gasteiger charge is 2.28. The first-order valence-electron chi connectivity index (χ1n) is 13.5. The number of carboxylic acid groups (broad SMARTS) is 1. The lowest BCUT2D eigenvalue weighted by molar-refractivity contribution is -0.0591. The molecule has 3 heterocycles. The van der Waals surface area contributed by atoms with Crippen molar-refractivity contribution in [1.82, 2.24) is 14.5 Å². The molecule has 0 amide bonds. The molecule has 1 N–H and O–H groups in total. The van der Waals surface area contributed by atoms with Crippen LogP contribution in [0.25, 0.3) is 11.0 Å². The van der Waals surface area contributed by atoms with E-state index in [1.54, 1.807) is 0 Å².